The predicted octanol–water partition coefficient (Wildman–Crippen LogP) is 5.23. The maximum atomic E-state index is 13.2. The van der Waals surface area contributed by atoms with E-state index in [4.69, 9.17) is 18.9 Å². The van der Waals surface area contributed by atoms with Crippen LogP contribution in [0.5, 0.6) is 5.75 Å². The first-order valence-corrected chi connectivity index (χ1v) is 14.2. The van der Waals surface area contributed by atoms with Crippen molar-refractivity contribution in [2.24, 2.45) is 0 Å². The summed E-state index contributed by atoms with van der Waals surface area (Å²) in [4.78, 5) is 46.4. The minimum Gasteiger partial charge on any atom is -0.497 e. The van der Waals surface area contributed by atoms with Crippen molar-refractivity contribution in [1.82, 2.24) is 14.7 Å². The van der Waals surface area contributed by atoms with Gasteiger partial charge in [-0.3, -0.25) is 0 Å². The van der Waals surface area contributed by atoms with Gasteiger partial charge in [0.1, 0.15) is 22.6 Å². The third-order valence-electron chi connectivity index (χ3n) is 5.93. The summed E-state index contributed by atoms with van der Waals surface area (Å²) in [5.41, 5.74) is -1.16. The van der Waals surface area contributed by atoms with Gasteiger partial charge >= 0.3 is 18.3 Å². The molecule has 1 aliphatic heterocycles. The second-order valence-corrected chi connectivity index (χ2v) is 13.1. The molecule has 0 aliphatic carbocycles. The summed E-state index contributed by atoms with van der Waals surface area (Å²) < 4.78 is 22.5. The quantitative estimate of drug-likeness (QED) is 0.440. The van der Waals surface area contributed by atoms with Crippen LogP contribution in [0.2, 0.25) is 0 Å². The summed E-state index contributed by atoms with van der Waals surface area (Å²) in [5, 5.41) is 0. The van der Waals surface area contributed by atoms with Crippen molar-refractivity contribution >= 4 is 24.0 Å². The standard InChI is InChI=1S/C30H50N4O7/c1-28(2,3)39-25(35)32-16-14-31(23-12-11-13-24(22-23)38-10)15-17-33(26(36)40-29(4,5)6)19-21-34(20-18-32)27(37)41-30(7,8)9/h11-13,22H,14-21H2,1-10H3. The molecule has 1 saturated heterocycles. The van der Waals surface area contributed by atoms with Gasteiger partial charge < -0.3 is 38.5 Å². The van der Waals surface area contributed by atoms with Gasteiger partial charge in [0.2, 0.25) is 0 Å². The van der Waals surface area contributed by atoms with Crippen molar-refractivity contribution < 1.29 is 33.3 Å². The van der Waals surface area contributed by atoms with E-state index in [0.29, 0.717) is 31.9 Å². The van der Waals surface area contributed by atoms with Gasteiger partial charge in [-0.05, 0) is 74.4 Å². The lowest BCUT2D eigenvalue weighted by Gasteiger charge is -2.36. The minimum atomic E-state index is -0.701. The molecule has 0 radical (unpaired) electrons. The molecule has 1 fully saturated rings. The number of nitrogens with zero attached hydrogens (tertiary/aromatic N) is 4. The van der Waals surface area contributed by atoms with Gasteiger partial charge in [-0.2, -0.15) is 0 Å². The highest BCUT2D eigenvalue weighted by Gasteiger charge is 2.29. The summed E-state index contributed by atoms with van der Waals surface area (Å²) in [6.07, 6.45) is -1.43. The Morgan fingerprint density at radius 3 is 1.24 bits per heavy atom. The number of methoxy groups -OCH3 is 1. The van der Waals surface area contributed by atoms with Gasteiger partial charge in [0.25, 0.3) is 0 Å². The average molecular weight is 579 g/mol. The Labute approximate surface area is 245 Å². The zero-order chi connectivity index (χ0) is 31.0. The van der Waals surface area contributed by atoms with Crippen molar-refractivity contribution in [2.75, 3.05) is 64.4 Å². The van der Waals surface area contributed by atoms with E-state index in [1.807, 2.05) is 65.8 Å². The van der Waals surface area contributed by atoms with Crippen molar-refractivity contribution in [3.8, 4) is 5.75 Å². The molecule has 0 spiro atoms. The Balaban J connectivity index is 2.42. The van der Waals surface area contributed by atoms with Crippen LogP contribution in [0, 0.1) is 0 Å². The number of amides is 3. The molecule has 41 heavy (non-hydrogen) atoms. The largest absolute Gasteiger partial charge is 0.497 e. The van der Waals surface area contributed by atoms with Crippen LogP contribution in [-0.2, 0) is 14.2 Å². The van der Waals surface area contributed by atoms with E-state index in [0.717, 1.165) is 5.69 Å². The number of ether oxygens (including phenoxy) is 4. The highest BCUT2D eigenvalue weighted by atomic mass is 16.6. The zero-order valence-electron chi connectivity index (χ0n) is 26.6. The third-order valence-corrected chi connectivity index (χ3v) is 5.93. The Morgan fingerprint density at radius 1 is 0.585 bits per heavy atom. The molecule has 0 saturated carbocycles. The van der Waals surface area contributed by atoms with E-state index in [9.17, 15) is 14.4 Å². The average Bonchev–Trinajstić information content (AvgIpc) is 2.81. The maximum Gasteiger partial charge on any atom is 0.410 e. The molecule has 0 unspecified atom stereocenters. The number of rotatable bonds is 2. The van der Waals surface area contributed by atoms with Gasteiger partial charge in [-0.1, -0.05) is 6.07 Å². The van der Waals surface area contributed by atoms with E-state index in [1.54, 1.807) is 37.7 Å². The van der Waals surface area contributed by atoms with Crippen LogP contribution in [0.4, 0.5) is 20.1 Å². The summed E-state index contributed by atoms with van der Waals surface area (Å²) in [6.45, 7) is 18.8. The summed E-state index contributed by atoms with van der Waals surface area (Å²) in [5.74, 6) is 0.703. The number of hydrogen-bond donors (Lipinski definition) is 0. The lowest BCUT2D eigenvalue weighted by Crippen LogP contribution is -2.51. The molecule has 3 amide bonds. The Kier molecular flexibility index (Phi) is 11.6. The van der Waals surface area contributed by atoms with Gasteiger partial charge in [0.05, 0.1) is 7.11 Å². The minimum absolute atomic E-state index is 0.204. The van der Waals surface area contributed by atoms with Crippen molar-refractivity contribution in [2.45, 2.75) is 79.1 Å². The fourth-order valence-electron chi connectivity index (χ4n) is 4.01. The van der Waals surface area contributed by atoms with Crippen molar-refractivity contribution in [1.29, 1.82) is 0 Å². The molecule has 2 rings (SSSR count). The Hall–Kier alpha value is -3.37. The second-order valence-electron chi connectivity index (χ2n) is 13.1. The molecule has 0 aromatic heterocycles. The van der Waals surface area contributed by atoms with Gasteiger partial charge in [0.15, 0.2) is 0 Å². The SMILES string of the molecule is COc1cccc(N2CCN(C(=O)OC(C)(C)C)CCN(C(=O)OC(C)(C)C)CCN(C(=O)OC(C)(C)C)CC2)c1. The molecule has 11 nitrogen and oxygen atoms in total. The van der Waals surface area contributed by atoms with E-state index in [2.05, 4.69) is 4.90 Å². The molecular formula is C30H50N4O7. The molecule has 0 bridgehead atoms. The lowest BCUT2D eigenvalue weighted by molar-refractivity contribution is 0.00807. The Bertz CT molecular complexity index is 983. The molecular weight excluding hydrogens is 528 g/mol. The first-order valence-electron chi connectivity index (χ1n) is 14.2. The summed E-state index contributed by atoms with van der Waals surface area (Å²) in [7, 11) is 1.61. The summed E-state index contributed by atoms with van der Waals surface area (Å²) >= 11 is 0. The van der Waals surface area contributed by atoms with E-state index in [1.165, 1.54) is 4.90 Å². The lowest BCUT2D eigenvalue weighted by atomic mass is 10.2. The highest BCUT2D eigenvalue weighted by Crippen LogP contribution is 2.22. The van der Waals surface area contributed by atoms with Gasteiger partial charge in [0, 0.05) is 64.1 Å². The highest BCUT2D eigenvalue weighted by molar-refractivity contribution is 5.70. The normalized spacial score (nSPS) is 16.3. The third kappa shape index (κ3) is 12.4. The van der Waals surface area contributed by atoms with Crippen LogP contribution in [0.3, 0.4) is 0 Å². The van der Waals surface area contributed by atoms with Crippen LogP contribution in [0.25, 0.3) is 0 Å². The van der Waals surface area contributed by atoms with Crippen LogP contribution in [-0.4, -0.2) is 109 Å². The molecule has 1 heterocycles. The number of anilines is 1. The molecule has 0 atom stereocenters. The van der Waals surface area contributed by atoms with E-state index >= 15 is 0 Å². The number of benzene rings is 1. The molecule has 1 aromatic rings. The second kappa shape index (κ2) is 14.0. The van der Waals surface area contributed by atoms with E-state index in [-0.39, 0.29) is 26.2 Å². The number of hydrogen-bond acceptors (Lipinski definition) is 8. The fraction of sp³-hybridized carbons (Fsp3) is 0.700. The van der Waals surface area contributed by atoms with Crippen molar-refractivity contribution in [3.05, 3.63) is 24.3 Å². The first kappa shape index (κ1) is 33.8. The number of carbonyl (C=O) groups excluding carboxylic acids is 3. The first-order chi connectivity index (χ1) is 18.9. The zero-order valence-corrected chi connectivity index (χ0v) is 26.6. The monoisotopic (exact) mass is 578 g/mol. The van der Waals surface area contributed by atoms with E-state index < -0.39 is 35.1 Å². The molecule has 1 aromatic carbocycles. The van der Waals surface area contributed by atoms with Gasteiger partial charge in [-0.25, -0.2) is 14.4 Å². The van der Waals surface area contributed by atoms with Crippen LogP contribution < -0.4 is 9.64 Å². The van der Waals surface area contributed by atoms with Gasteiger partial charge in [-0.15, -0.1) is 0 Å². The summed E-state index contributed by atoms with van der Waals surface area (Å²) in [6, 6.07) is 7.66. The topological polar surface area (TPSA) is 101 Å². The molecule has 1 aliphatic rings. The molecule has 0 N–H and O–H groups in total. The number of carbonyl (C=O) groups is 3. The van der Waals surface area contributed by atoms with Crippen LogP contribution in [0.15, 0.2) is 24.3 Å². The smallest absolute Gasteiger partial charge is 0.410 e. The Morgan fingerprint density at radius 2 is 0.927 bits per heavy atom. The fourth-order valence-corrected chi connectivity index (χ4v) is 4.01. The van der Waals surface area contributed by atoms with Crippen LogP contribution >= 0.6 is 0 Å². The molecule has 232 valence electrons. The van der Waals surface area contributed by atoms with Crippen molar-refractivity contribution in [3.63, 3.8) is 0 Å². The predicted molar refractivity (Wildman–Crippen MR) is 159 cm³/mol. The molecule has 11 heteroatoms. The maximum absolute atomic E-state index is 13.2. The van der Waals surface area contributed by atoms with Crippen LogP contribution in [0.1, 0.15) is 62.3 Å².